The minimum absolute atomic E-state index is 0.00885. The third-order valence-electron chi connectivity index (χ3n) is 5.48. The molecule has 2 N–H and O–H groups in total. The number of pyridine rings is 1. The molecular weight excluding hydrogens is 334 g/mol. The molecule has 140 valence electrons. The number of aliphatic carboxylic acids is 1. The van der Waals surface area contributed by atoms with Crippen LogP contribution in [0.5, 0.6) is 0 Å². The third kappa shape index (κ3) is 4.39. The molecular formula is C19H25N3O4. The van der Waals surface area contributed by atoms with Crippen LogP contribution in [0.4, 0.5) is 0 Å². The number of piperidine rings is 1. The van der Waals surface area contributed by atoms with E-state index in [9.17, 15) is 14.4 Å². The maximum atomic E-state index is 12.6. The fraction of sp³-hybridized carbons (Fsp3) is 0.579. The van der Waals surface area contributed by atoms with E-state index in [-0.39, 0.29) is 29.6 Å². The highest BCUT2D eigenvalue weighted by Crippen LogP contribution is 2.33. The zero-order chi connectivity index (χ0) is 18.5. The molecule has 2 amide bonds. The number of carboxylic acid groups (broad SMARTS) is 1. The van der Waals surface area contributed by atoms with E-state index in [0.717, 1.165) is 5.69 Å². The molecule has 26 heavy (non-hydrogen) atoms. The van der Waals surface area contributed by atoms with Gasteiger partial charge in [-0.15, -0.1) is 0 Å². The van der Waals surface area contributed by atoms with Crippen LogP contribution < -0.4 is 5.32 Å². The smallest absolute Gasteiger partial charge is 0.306 e. The van der Waals surface area contributed by atoms with E-state index in [4.69, 9.17) is 5.11 Å². The average Bonchev–Trinajstić information content (AvgIpc) is 3.17. The van der Waals surface area contributed by atoms with E-state index in [1.807, 2.05) is 18.2 Å². The number of hydrogen-bond donors (Lipinski definition) is 2. The molecule has 2 heterocycles. The Kier molecular flexibility index (Phi) is 5.85. The van der Waals surface area contributed by atoms with Crippen molar-refractivity contribution < 1.29 is 19.5 Å². The van der Waals surface area contributed by atoms with Gasteiger partial charge in [0.25, 0.3) is 0 Å². The quantitative estimate of drug-likeness (QED) is 0.829. The van der Waals surface area contributed by atoms with Gasteiger partial charge in [-0.1, -0.05) is 6.07 Å². The second kappa shape index (κ2) is 8.29. The van der Waals surface area contributed by atoms with Crippen LogP contribution in [0.15, 0.2) is 24.4 Å². The van der Waals surface area contributed by atoms with Gasteiger partial charge in [0.15, 0.2) is 0 Å². The molecule has 2 atom stereocenters. The molecule has 0 aromatic carbocycles. The number of carboxylic acids is 1. The van der Waals surface area contributed by atoms with Crippen molar-refractivity contribution in [1.82, 2.24) is 15.2 Å². The Hall–Kier alpha value is -2.44. The largest absolute Gasteiger partial charge is 0.481 e. The summed E-state index contributed by atoms with van der Waals surface area (Å²) >= 11 is 0. The van der Waals surface area contributed by atoms with Crippen molar-refractivity contribution in [2.45, 2.75) is 38.6 Å². The zero-order valence-corrected chi connectivity index (χ0v) is 14.8. The van der Waals surface area contributed by atoms with Crippen LogP contribution in [0.2, 0.25) is 0 Å². The van der Waals surface area contributed by atoms with E-state index in [1.165, 1.54) is 0 Å². The second-order valence-corrected chi connectivity index (χ2v) is 7.18. The van der Waals surface area contributed by atoms with Gasteiger partial charge in [-0.25, -0.2) is 0 Å². The summed E-state index contributed by atoms with van der Waals surface area (Å²) in [7, 11) is 0. The van der Waals surface area contributed by atoms with Crippen LogP contribution >= 0.6 is 0 Å². The molecule has 2 fully saturated rings. The first-order valence-electron chi connectivity index (χ1n) is 9.24. The Morgan fingerprint density at radius 1 is 1.08 bits per heavy atom. The van der Waals surface area contributed by atoms with Crippen LogP contribution in [0, 0.1) is 17.8 Å². The van der Waals surface area contributed by atoms with E-state index >= 15 is 0 Å². The summed E-state index contributed by atoms with van der Waals surface area (Å²) in [5.74, 6) is -1.39. The Labute approximate surface area is 152 Å². The fourth-order valence-corrected chi connectivity index (χ4v) is 3.88. The first-order valence-corrected chi connectivity index (χ1v) is 9.24. The number of aromatic nitrogens is 1. The van der Waals surface area contributed by atoms with E-state index in [1.54, 1.807) is 11.1 Å². The number of rotatable bonds is 5. The van der Waals surface area contributed by atoms with Crippen LogP contribution in [0.25, 0.3) is 0 Å². The summed E-state index contributed by atoms with van der Waals surface area (Å²) in [6.07, 6.45) is 4.67. The van der Waals surface area contributed by atoms with Gasteiger partial charge >= 0.3 is 5.97 Å². The van der Waals surface area contributed by atoms with Crippen LogP contribution in [0.3, 0.4) is 0 Å². The number of amides is 2. The highest BCUT2D eigenvalue weighted by Gasteiger charge is 2.37. The van der Waals surface area contributed by atoms with Gasteiger partial charge in [-0.05, 0) is 44.2 Å². The molecule has 0 spiro atoms. The highest BCUT2D eigenvalue weighted by atomic mass is 16.4. The Morgan fingerprint density at radius 2 is 1.81 bits per heavy atom. The second-order valence-electron chi connectivity index (χ2n) is 7.18. The monoisotopic (exact) mass is 359 g/mol. The predicted octanol–water partition coefficient (Wildman–Crippen LogP) is 1.44. The average molecular weight is 359 g/mol. The van der Waals surface area contributed by atoms with Gasteiger partial charge in [0.2, 0.25) is 11.8 Å². The SMILES string of the molecule is O=C(NCc1ccccn1)C1CCN(C(=O)[C@@H]2CC[C@H](C(=O)O)C2)CC1. The van der Waals surface area contributed by atoms with Crippen LogP contribution in [0.1, 0.15) is 37.8 Å². The van der Waals surface area contributed by atoms with Gasteiger partial charge in [0.1, 0.15) is 0 Å². The molecule has 1 aromatic rings. The number of carbonyl (C=O) groups excluding carboxylic acids is 2. The molecule has 7 heteroatoms. The first-order chi connectivity index (χ1) is 12.5. The van der Waals surface area contributed by atoms with Crippen molar-refractivity contribution >= 4 is 17.8 Å². The van der Waals surface area contributed by atoms with Crippen molar-refractivity contribution in [3.63, 3.8) is 0 Å². The van der Waals surface area contributed by atoms with E-state index in [2.05, 4.69) is 10.3 Å². The maximum Gasteiger partial charge on any atom is 0.306 e. The normalized spacial score (nSPS) is 23.6. The van der Waals surface area contributed by atoms with E-state index in [0.29, 0.717) is 51.7 Å². The summed E-state index contributed by atoms with van der Waals surface area (Å²) in [6, 6.07) is 5.59. The molecule has 1 aromatic heterocycles. The lowest BCUT2D eigenvalue weighted by Crippen LogP contribution is -2.44. The summed E-state index contributed by atoms with van der Waals surface area (Å²) in [4.78, 5) is 41.9. The number of carbonyl (C=O) groups is 3. The van der Waals surface area contributed by atoms with Crippen LogP contribution in [-0.4, -0.2) is 45.9 Å². The molecule has 0 bridgehead atoms. The number of hydrogen-bond acceptors (Lipinski definition) is 4. The molecule has 7 nitrogen and oxygen atoms in total. The topological polar surface area (TPSA) is 99.6 Å². The molecule has 3 rings (SSSR count). The van der Waals surface area contributed by atoms with Crippen LogP contribution in [-0.2, 0) is 20.9 Å². The minimum atomic E-state index is -0.802. The first kappa shape index (κ1) is 18.4. The Morgan fingerprint density at radius 3 is 2.42 bits per heavy atom. The van der Waals surface area contributed by atoms with Crippen molar-refractivity contribution in [3.8, 4) is 0 Å². The number of likely N-dealkylation sites (tertiary alicyclic amines) is 1. The molecule has 1 aliphatic heterocycles. The predicted molar refractivity (Wildman–Crippen MR) is 93.9 cm³/mol. The summed E-state index contributed by atoms with van der Waals surface area (Å²) < 4.78 is 0. The van der Waals surface area contributed by atoms with Gasteiger partial charge in [-0.2, -0.15) is 0 Å². The molecule has 0 radical (unpaired) electrons. The lowest BCUT2D eigenvalue weighted by atomic mass is 9.94. The zero-order valence-electron chi connectivity index (χ0n) is 14.8. The van der Waals surface area contributed by atoms with Gasteiger partial charge < -0.3 is 15.3 Å². The lowest BCUT2D eigenvalue weighted by molar-refractivity contribution is -0.142. The van der Waals surface area contributed by atoms with Crippen molar-refractivity contribution in [3.05, 3.63) is 30.1 Å². The van der Waals surface area contributed by atoms with Crippen molar-refractivity contribution in [2.24, 2.45) is 17.8 Å². The summed E-state index contributed by atoms with van der Waals surface area (Å²) in [5, 5.41) is 12.0. The Bertz CT molecular complexity index is 656. The fourth-order valence-electron chi connectivity index (χ4n) is 3.88. The van der Waals surface area contributed by atoms with Crippen molar-refractivity contribution in [1.29, 1.82) is 0 Å². The van der Waals surface area contributed by atoms with Crippen molar-refractivity contribution in [2.75, 3.05) is 13.1 Å². The molecule has 1 saturated heterocycles. The summed E-state index contributed by atoms with van der Waals surface area (Å²) in [6.45, 7) is 1.54. The van der Waals surface area contributed by atoms with Gasteiger partial charge in [0.05, 0.1) is 18.2 Å². The minimum Gasteiger partial charge on any atom is -0.481 e. The molecule has 2 aliphatic rings. The van der Waals surface area contributed by atoms with E-state index < -0.39 is 5.97 Å². The Balaban J connectivity index is 1.43. The maximum absolute atomic E-state index is 12.6. The number of nitrogens with one attached hydrogen (secondary N) is 1. The van der Waals surface area contributed by atoms with Gasteiger partial charge in [0, 0.05) is 31.1 Å². The molecule has 1 saturated carbocycles. The molecule has 1 aliphatic carbocycles. The third-order valence-corrected chi connectivity index (χ3v) is 5.48. The highest BCUT2D eigenvalue weighted by molar-refractivity contribution is 5.82. The molecule has 0 unspecified atom stereocenters. The standard InChI is InChI=1S/C19H25N3O4/c23-17(21-12-16-3-1-2-8-20-16)13-6-9-22(10-7-13)18(24)14-4-5-15(11-14)19(25)26/h1-3,8,13-15H,4-7,9-12H2,(H,21,23)(H,25,26)/t14-,15+/m1/s1. The number of nitrogens with zero attached hydrogens (tertiary/aromatic N) is 2. The lowest BCUT2D eigenvalue weighted by Gasteiger charge is -2.33. The summed E-state index contributed by atoms with van der Waals surface area (Å²) in [5.41, 5.74) is 0.822. The van der Waals surface area contributed by atoms with Gasteiger partial charge in [-0.3, -0.25) is 19.4 Å².